The first kappa shape index (κ1) is 23.7. The number of piperazine rings is 1. The second kappa shape index (κ2) is 10.2. The Kier molecular flexibility index (Phi) is 7.14. The number of benzene rings is 1. The number of carbonyl (C=O) groups is 1. The van der Waals surface area contributed by atoms with Gasteiger partial charge in [0.25, 0.3) is 5.56 Å². The highest BCUT2D eigenvalue weighted by Crippen LogP contribution is 2.17. The van der Waals surface area contributed by atoms with E-state index in [1.807, 2.05) is 41.3 Å². The number of rotatable bonds is 7. The molecule has 1 saturated heterocycles. The number of hydrogen-bond acceptors (Lipinski definition) is 7. The van der Waals surface area contributed by atoms with Crippen LogP contribution in [0.25, 0.3) is 0 Å². The van der Waals surface area contributed by atoms with Gasteiger partial charge in [0.05, 0.1) is 18.1 Å². The molecule has 0 bridgehead atoms. The highest BCUT2D eigenvalue weighted by Gasteiger charge is 2.26. The van der Waals surface area contributed by atoms with Crippen LogP contribution < -0.4 is 21.9 Å². The zero-order valence-corrected chi connectivity index (χ0v) is 19.7. The van der Waals surface area contributed by atoms with E-state index in [0.29, 0.717) is 31.2 Å². The molecule has 0 amide bonds. The van der Waals surface area contributed by atoms with Crippen LogP contribution in [0.1, 0.15) is 22.8 Å². The number of carbonyl (C=O) groups excluding carboxylic acids is 1. The summed E-state index contributed by atoms with van der Waals surface area (Å²) in [5, 5.41) is 0.580. The molecule has 4 rings (SSSR count). The van der Waals surface area contributed by atoms with Crippen LogP contribution >= 0.6 is 11.6 Å². The summed E-state index contributed by atoms with van der Waals surface area (Å²) >= 11 is 5.92. The van der Waals surface area contributed by atoms with Crippen LogP contribution in [0.3, 0.4) is 0 Å². The van der Waals surface area contributed by atoms with Gasteiger partial charge in [0, 0.05) is 38.9 Å². The molecule has 10 heteroatoms. The maximum absolute atomic E-state index is 13.2. The van der Waals surface area contributed by atoms with Crippen LogP contribution in [0.2, 0.25) is 5.02 Å². The number of nitrogens with two attached hydrogens (primary N) is 1. The van der Waals surface area contributed by atoms with Crippen molar-refractivity contribution in [2.45, 2.75) is 20.0 Å². The summed E-state index contributed by atoms with van der Waals surface area (Å²) < 4.78 is 2.37. The molecule has 9 nitrogen and oxygen atoms in total. The molecule has 2 aromatic heterocycles. The number of pyridine rings is 1. The summed E-state index contributed by atoms with van der Waals surface area (Å²) in [6, 6.07) is 13.0. The van der Waals surface area contributed by atoms with Gasteiger partial charge in [-0.25, -0.2) is 9.78 Å². The minimum Gasteiger partial charge on any atom is -0.384 e. The van der Waals surface area contributed by atoms with Gasteiger partial charge in [-0.2, -0.15) is 0 Å². The lowest BCUT2D eigenvalue weighted by Gasteiger charge is -2.35. The molecule has 0 unspecified atom stereocenters. The summed E-state index contributed by atoms with van der Waals surface area (Å²) in [5.74, 6) is 0.362. The third kappa shape index (κ3) is 4.90. The molecular weight excluding hydrogens is 456 g/mol. The molecule has 0 radical (unpaired) electrons. The molecule has 0 saturated carbocycles. The SMILES string of the molecule is CCn1c(=O)c(C(=O)CN2CCN(c3ccc(Cl)cn3)CC2)c(N)n(Cc2ccccc2)c1=O. The normalized spacial score (nSPS) is 14.4. The van der Waals surface area contributed by atoms with Gasteiger partial charge >= 0.3 is 5.69 Å². The third-order valence-corrected chi connectivity index (χ3v) is 6.25. The van der Waals surface area contributed by atoms with E-state index in [2.05, 4.69) is 9.88 Å². The summed E-state index contributed by atoms with van der Waals surface area (Å²) in [5.41, 5.74) is 5.83. The van der Waals surface area contributed by atoms with Gasteiger partial charge in [-0.15, -0.1) is 0 Å². The predicted molar refractivity (Wildman–Crippen MR) is 133 cm³/mol. The number of ketones is 1. The molecule has 0 aliphatic carbocycles. The number of nitrogens with zero attached hydrogens (tertiary/aromatic N) is 5. The van der Waals surface area contributed by atoms with Crippen LogP contribution in [0.4, 0.5) is 11.6 Å². The summed E-state index contributed by atoms with van der Waals surface area (Å²) in [6.45, 7) is 4.70. The van der Waals surface area contributed by atoms with Gasteiger partial charge in [0.1, 0.15) is 17.2 Å². The molecular formula is C24H27ClN6O3. The van der Waals surface area contributed by atoms with Crippen molar-refractivity contribution in [1.29, 1.82) is 0 Å². The fraction of sp³-hybridized carbons (Fsp3) is 0.333. The van der Waals surface area contributed by atoms with E-state index < -0.39 is 11.2 Å². The molecule has 1 aromatic carbocycles. The number of aromatic nitrogens is 3. The van der Waals surface area contributed by atoms with E-state index in [4.69, 9.17) is 17.3 Å². The Morgan fingerprint density at radius 2 is 1.74 bits per heavy atom. The second-order valence-corrected chi connectivity index (χ2v) is 8.62. The van der Waals surface area contributed by atoms with E-state index in [1.54, 1.807) is 19.2 Å². The minimum absolute atomic E-state index is 0.0502. The maximum atomic E-state index is 13.2. The maximum Gasteiger partial charge on any atom is 0.332 e. The van der Waals surface area contributed by atoms with Crippen LogP contribution in [0.15, 0.2) is 58.3 Å². The lowest BCUT2D eigenvalue weighted by Crippen LogP contribution is -2.49. The summed E-state index contributed by atoms with van der Waals surface area (Å²) in [4.78, 5) is 47.6. The van der Waals surface area contributed by atoms with Crippen molar-refractivity contribution in [3.05, 3.63) is 85.6 Å². The Bertz CT molecular complexity index is 1280. The fourth-order valence-corrected chi connectivity index (χ4v) is 4.26. The first-order chi connectivity index (χ1) is 16.4. The van der Waals surface area contributed by atoms with E-state index in [0.717, 1.165) is 15.9 Å². The first-order valence-electron chi connectivity index (χ1n) is 11.2. The fourth-order valence-electron chi connectivity index (χ4n) is 4.15. The summed E-state index contributed by atoms with van der Waals surface area (Å²) in [7, 11) is 0. The average molecular weight is 483 g/mol. The molecule has 1 fully saturated rings. The molecule has 34 heavy (non-hydrogen) atoms. The third-order valence-electron chi connectivity index (χ3n) is 6.02. The van der Waals surface area contributed by atoms with Crippen molar-refractivity contribution >= 4 is 29.0 Å². The van der Waals surface area contributed by atoms with Crippen molar-refractivity contribution in [2.24, 2.45) is 0 Å². The number of halogens is 1. The molecule has 1 aliphatic heterocycles. The van der Waals surface area contributed by atoms with Crippen molar-refractivity contribution in [3.63, 3.8) is 0 Å². The molecule has 0 spiro atoms. The molecule has 178 valence electrons. The van der Waals surface area contributed by atoms with Gasteiger partial charge in [-0.05, 0) is 24.6 Å². The van der Waals surface area contributed by atoms with Gasteiger partial charge in [0.15, 0.2) is 5.78 Å². The number of anilines is 2. The van der Waals surface area contributed by atoms with Crippen LogP contribution in [-0.4, -0.2) is 57.5 Å². The van der Waals surface area contributed by atoms with E-state index >= 15 is 0 Å². The number of hydrogen-bond donors (Lipinski definition) is 1. The van der Waals surface area contributed by atoms with E-state index in [-0.39, 0.29) is 36.8 Å². The first-order valence-corrected chi connectivity index (χ1v) is 11.6. The highest BCUT2D eigenvalue weighted by molar-refractivity contribution is 6.30. The Morgan fingerprint density at radius 1 is 1.03 bits per heavy atom. The van der Waals surface area contributed by atoms with Gasteiger partial charge in [-0.1, -0.05) is 41.9 Å². The smallest absolute Gasteiger partial charge is 0.332 e. The lowest BCUT2D eigenvalue weighted by molar-refractivity contribution is 0.0924. The number of Topliss-reactive ketones (excluding diaryl/α,β-unsaturated/α-hetero) is 1. The van der Waals surface area contributed by atoms with Crippen molar-refractivity contribution in [1.82, 2.24) is 19.0 Å². The number of nitrogen functional groups attached to an aromatic ring is 1. The molecule has 2 N–H and O–H groups in total. The average Bonchev–Trinajstić information content (AvgIpc) is 2.84. The monoisotopic (exact) mass is 482 g/mol. The van der Waals surface area contributed by atoms with Crippen LogP contribution in [0.5, 0.6) is 0 Å². The van der Waals surface area contributed by atoms with E-state index in [1.165, 1.54) is 4.57 Å². The van der Waals surface area contributed by atoms with Crippen LogP contribution in [0, 0.1) is 0 Å². The second-order valence-electron chi connectivity index (χ2n) is 8.18. The largest absolute Gasteiger partial charge is 0.384 e. The van der Waals surface area contributed by atoms with Crippen molar-refractivity contribution < 1.29 is 4.79 Å². The van der Waals surface area contributed by atoms with Crippen LogP contribution in [-0.2, 0) is 13.1 Å². The van der Waals surface area contributed by atoms with E-state index in [9.17, 15) is 14.4 Å². The lowest BCUT2D eigenvalue weighted by atomic mass is 10.1. The highest BCUT2D eigenvalue weighted by atomic mass is 35.5. The Morgan fingerprint density at radius 3 is 2.35 bits per heavy atom. The zero-order valence-electron chi connectivity index (χ0n) is 19.0. The molecule has 0 atom stereocenters. The summed E-state index contributed by atoms with van der Waals surface area (Å²) in [6.07, 6.45) is 1.61. The standard InChI is InChI=1S/C24H27ClN6O3/c1-2-30-23(33)21(22(26)31(24(30)34)15-17-6-4-3-5-7-17)19(32)16-28-10-12-29(13-11-28)20-9-8-18(25)14-27-20/h3-9,14H,2,10-13,15-16,26H2,1H3. The Hall–Kier alpha value is -3.43. The molecule has 3 aromatic rings. The Labute approximate surface area is 202 Å². The van der Waals surface area contributed by atoms with Gasteiger partial charge < -0.3 is 10.6 Å². The topological polar surface area (TPSA) is 106 Å². The molecule has 3 heterocycles. The quantitative estimate of drug-likeness (QED) is 0.511. The van der Waals surface area contributed by atoms with Crippen molar-refractivity contribution in [2.75, 3.05) is 43.4 Å². The predicted octanol–water partition coefficient (Wildman–Crippen LogP) is 1.71. The van der Waals surface area contributed by atoms with Crippen molar-refractivity contribution in [3.8, 4) is 0 Å². The minimum atomic E-state index is -0.636. The molecule has 1 aliphatic rings. The zero-order chi connectivity index (χ0) is 24.2. The van der Waals surface area contributed by atoms with Gasteiger partial charge in [-0.3, -0.25) is 23.6 Å². The van der Waals surface area contributed by atoms with Gasteiger partial charge in [0.2, 0.25) is 0 Å². The Balaban J connectivity index is 1.54.